The van der Waals surface area contributed by atoms with Crippen molar-refractivity contribution in [1.82, 2.24) is 34.8 Å². The average Bonchev–Trinajstić information content (AvgIpc) is 3.29. The SMILES string of the molecule is CCCCC(=O)N1CCC(n2nnc3cnc4ccc(-c5cnc(N)c(C)c5)nc4c32)CC1. The summed E-state index contributed by atoms with van der Waals surface area (Å²) in [7, 11) is 0. The van der Waals surface area contributed by atoms with Crippen LogP contribution in [0.4, 0.5) is 5.82 Å². The normalized spacial score (nSPS) is 14.9. The van der Waals surface area contributed by atoms with Gasteiger partial charge < -0.3 is 10.6 Å². The predicted molar refractivity (Wildman–Crippen MR) is 127 cm³/mol. The minimum atomic E-state index is 0.168. The first-order valence-electron chi connectivity index (χ1n) is 11.6. The Kier molecular flexibility index (Phi) is 5.62. The Morgan fingerprint density at radius 2 is 1.97 bits per heavy atom. The third-order valence-corrected chi connectivity index (χ3v) is 6.47. The lowest BCUT2D eigenvalue weighted by Gasteiger charge is -2.32. The van der Waals surface area contributed by atoms with Crippen molar-refractivity contribution in [1.29, 1.82) is 0 Å². The Hall–Kier alpha value is -3.62. The van der Waals surface area contributed by atoms with Gasteiger partial charge in [0.1, 0.15) is 22.4 Å². The van der Waals surface area contributed by atoms with E-state index in [-0.39, 0.29) is 11.9 Å². The number of nitrogen functional groups attached to an aromatic ring is 1. The van der Waals surface area contributed by atoms with E-state index < -0.39 is 0 Å². The molecule has 4 aromatic rings. The molecule has 0 bridgehead atoms. The van der Waals surface area contributed by atoms with Gasteiger partial charge in [0.05, 0.1) is 23.4 Å². The van der Waals surface area contributed by atoms with Gasteiger partial charge in [-0.3, -0.25) is 9.78 Å². The van der Waals surface area contributed by atoms with Crippen LogP contribution in [0, 0.1) is 6.92 Å². The van der Waals surface area contributed by atoms with Crippen LogP contribution in [0.1, 0.15) is 50.6 Å². The highest BCUT2D eigenvalue weighted by Gasteiger charge is 2.26. The van der Waals surface area contributed by atoms with Gasteiger partial charge in [0.2, 0.25) is 5.91 Å². The van der Waals surface area contributed by atoms with Crippen molar-refractivity contribution in [3.05, 3.63) is 36.2 Å². The molecule has 1 aliphatic rings. The van der Waals surface area contributed by atoms with Crippen molar-refractivity contribution in [2.75, 3.05) is 18.8 Å². The van der Waals surface area contributed by atoms with Gasteiger partial charge in [-0.05, 0) is 49.9 Å². The van der Waals surface area contributed by atoms with E-state index in [1.54, 1.807) is 12.4 Å². The maximum Gasteiger partial charge on any atom is 0.222 e. The summed E-state index contributed by atoms with van der Waals surface area (Å²) in [5.74, 6) is 0.775. The molecule has 9 heteroatoms. The predicted octanol–water partition coefficient (Wildman–Crippen LogP) is 3.68. The number of anilines is 1. The monoisotopic (exact) mass is 444 g/mol. The molecule has 0 atom stereocenters. The van der Waals surface area contributed by atoms with Gasteiger partial charge in [0.15, 0.2) is 0 Å². The Morgan fingerprint density at radius 1 is 1.15 bits per heavy atom. The van der Waals surface area contributed by atoms with Gasteiger partial charge in [0.25, 0.3) is 0 Å². The lowest BCUT2D eigenvalue weighted by atomic mass is 10.0. The van der Waals surface area contributed by atoms with E-state index in [4.69, 9.17) is 10.7 Å². The summed E-state index contributed by atoms with van der Waals surface area (Å²) in [6.45, 7) is 5.53. The van der Waals surface area contributed by atoms with Gasteiger partial charge in [-0.25, -0.2) is 14.6 Å². The van der Waals surface area contributed by atoms with E-state index in [0.29, 0.717) is 12.2 Å². The number of carbonyl (C=O) groups excluding carboxylic acids is 1. The zero-order valence-corrected chi connectivity index (χ0v) is 19.0. The maximum absolute atomic E-state index is 12.4. The molecule has 0 spiro atoms. The van der Waals surface area contributed by atoms with Crippen LogP contribution < -0.4 is 5.73 Å². The summed E-state index contributed by atoms with van der Waals surface area (Å²) >= 11 is 0. The fraction of sp³-hybridized carbons (Fsp3) is 0.417. The zero-order chi connectivity index (χ0) is 22.9. The second-order valence-electron chi connectivity index (χ2n) is 8.73. The van der Waals surface area contributed by atoms with Gasteiger partial charge >= 0.3 is 0 Å². The number of fused-ring (bicyclic) bond motifs is 3. The van der Waals surface area contributed by atoms with Crippen LogP contribution in [0.2, 0.25) is 0 Å². The van der Waals surface area contributed by atoms with Crippen molar-refractivity contribution in [3.63, 3.8) is 0 Å². The Labute approximate surface area is 192 Å². The first-order valence-corrected chi connectivity index (χ1v) is 11.6. The van der Waals surface area contributed by atoms with Crippen molar-refractivity contribution in [3.8, 4) is 11.3 Å². The van der Waals surface area contributed by atoms with Crippen molar-refractivity contribution < 1.29 is 4.79 Å². The van der Waals surface area contributed by atoms with Crippen LogP contribution in [-0.2, 0) is 4.79 Å². The van der Waals surface area contributed by atoms with E-state index in [1.807, 2.05) is 34.7 Å². The summed E-state index contributed by atoms with van der Waals surface area (Å²) in [5, 5.41) is 8.84. The summed E-state index contributed by atoms with van der Waals surface area (Å²) in [5.41, 5.74) is 11.7. The minimum Gasteiger partial charge on any atom is -0.383 e. The summed E-state index contributed by atoms with van der Waals surface area (Å²) in [6.07, 6.45) is 7.81. The molecular formula is C24H28N8O. The molecule has 4 aromatic heterocycles. The zero-order valence-electron chi connectivity index (χ0n) is 19.0. The number of amides is 1. The molecule has 170 valence electrons. The molecule has 0 unspecified atom stereocenters. The number of hydrogen-bond acceptors (Lipinski definition) is 7. The summed E-state index contributed by atoms with van der Waals surface area (Å²) in [6, 6.07) is 6.07. The molecule has 1 aliphatic heterocycles. The molecule has 5 rings (SSSR count). The highest BCUT2D eigenvalue weighted by Crippen LogP contribution is 2.30. The van der Waals surface area contributed by atoms with Gasteiger partial charge in [-0.15, -0.1) is 5.10 Å². The van der Waals surface area contributed by atoms with Crippen LogP contribution in [-0.4, -0.2) is 53.8 Å². The molecule has 5 heterocycles. The number of hydrogen-bond donors (Lipinski definition) is 1. The van der Waals surface area contributed by atoms with E-state index >= 15 is 0 Å². The highest BCUT2D eigenvalue weighted by molar-refractivity contribution is 5.99. The van der Waals surface area contributed by atoms with Crippen LogP contribution in [0.5, 0.6) is 0 Å². The van der Waals surface area contributed by atoms with Gasteiger partial charge in [0, 0.05) is 31.3 Å². The maximum atomic E-state index is 12.4. The standard InChI is InChI=1S/C24H28N8O/c1-3-4-5-21(33)31-10-8-17(9-11-31)32-23-20(29-30-32)14-26-19-7-6-18(28-22(19)23)16-12-15(2)24(25)27-13-16/h6-7,12-14,17H,3-5,8-11H2,1-2H3,(H2,25,27). The molecular weight excluding hydrogens is 416 g/mol. The topological polar surface area (TPSA) is 116 Å². The van der Waals surface area contributed by atoms with E-state index in [2.05, 4.69) is 27.2 Å². The largest absolute Gasteiger partial charge is 0.383 e. The summed E-state index contributed by atoms with van der Waals surface area (Å²) in [4.78, 5) is 28.1. The number of nitrogens with zero attached hydrogens (tertiary/aromatic N) is 7. The van der Waals surface area contributed by atoms with Gasteiger partial charge in [-0.2, -0.15) is 0 Å². The third-order valence-electron chi connectivity index (χ3n) is 6.47. The summed E-state index contributed by atoms with van der Waals surface area (Å²) < 4.78 is 1.98. The van der Waals surface area contributed by atoms with Crippen molar-refractivity contribution in [2.24, 2.45) is 0 Å². The van der Waals surface area contributed by atoms with Gasteiger partial charge in [-0.1, -0.05) is 18.6 Å². The quantitative estimate of drug-likeness (QED) is 0.499. The van der Waals surface area contributed by atoms with E-state index in [1.165, 1.54) is 0 Å². The first-order chi connectivity index (χ1) is 16.0. The second kappa shape index (κ2) is 8.73. The number of unbranched alkanes of at least 4 members (excludes halogenated alkanes) is 1. The number of carbonyl (C=O) groups is 1. The van der Waals surface area contributed by atoms with Crippen LogP contribution in [0.25, 0.3) is 33.3 Å². The fourth-order valence-corrected chi connectivity index (χ4v) is 4.47. The highest BCUT2D eigenvalue weighted by atomic mass is 16.2. The van der Waals surface area contributed by atoms with E-state index in [9.17, 15) is 4.79 Å². The Balaban J connectivity index is 1.48. The Morgan fingerprint density at radius 3 is 2.73 bits per heavy atom. The number of piperidine rings is 1. The molecule has 9 nitrogen and oxygen atoms in total. The molecule has 0 saturated carbocycles. The van der Waals surface area contributed by atoms with Crippen LogP contribution >= 0.6 is 0 Å². The smallest absolute Gasteiger partial charge is 0.222 e. The average molecular weight is 445 g/mol. The molecule has 33 heavy (non-hydrogen) atoms. The number of rotatable bonds is 5. The number of likely N-dealkylation sites (tertiary alicyclic amines) is 1. The lowest BCUT2D eigenvalue weighted by Crippen LogP contribution is -2.39. The molecule has 2 N–H and O–H groups in total. The van der Waals surface area contributed by atoms with E-state index in [0.717, 1.165) is 77.7 Å². The second-order valence-corrected chi connectivity index (χ2v) is 8.73. The fourth-order valence-electron chi connectivity index (χ4n) is 4.47. The molecule has 1 amide bonds. The molecule has 0 radical (unpaired) electrons. The number of nitrogens with two attached hydrogens (primary N) is 1. The van der Waals surface area contributed by atoms with Crippen LogP contribution in [0.3, 0.4) is 0 Å². The number of pyridine rings is 3. The number of aromatic nitrogens is 6. The van der Waals surface area contributed by atoms with Crippen LogP contribution in [0.15, 0.2) is 30.6 Å². The van der Waals surface area contributed by atoms with Crippen molar-refractivity contribution >= 4 is 33.8 Å². The first kappa shape index (κ1) is 21.2. The molecule has 1 saturated heterocycles. The molecule has 0 aliphatic carbocycles. The molecule has 0 aromatic carbocycles. The third kappa shape index (κ3) is 3.99. The number of aryl methyl sites for hydroxylation is 1. The Bertz CT molecular complexity index is 1320. The lowest BCUT2D eigenvalue weighted by molar-refractivity contribution is -0.132. The van der Waals surface area contributed by atoms with Crippen molar-refractivity contribution in [2.45, 2.75) is 52.0 Å². The minimum absolute atomic E-state index is 0.168. The molecule has 1 fully saturated rings.